The number of fused-ring (bicyclic) bond motifs is 1. The van der Waals surface area contributed by atoms with Crippen LogP contribution in [0.1, 0.15) is 55.3 Å². The van der Waals surface area contributed by atoms with Crippen LogP contribution in [-0.4, -0.2) is 28.0 Å². The van der Waals surface area contributed by atoms with Gasteiger partial charge >= 0.3 is 0 Å². The van der Waals surface area contributed by atoms with E-state index in [1.54, 1.807) is 0 Å². The molecule has 0 radical (unpaired) electrons. The summed E-state index contributed by atoms with van der Waals surface area (Å²) in [5.74, 6) is 0.0192. The summed E-state index contributed by atoms with van der Waals surface area (Å²) in [6, 6.07) is 21.9. The maximum Gasteiger partial charge on any atom is 0.254 e. The third-order valence-electron chi connectivity index (χ3n) is 5.19. The summed E-state index contributed by atoms with van der Waals surface area (Å²) in [4.78, 5) is 15.1. The Hall–Kier alpha value is -2.65. The topological polar surface area (TPSA) is 40.5 Å². The first-order valence-corrected chi connectivity index (χ1v) is 9.96. The number of rotatable bonds is 6. The normalized spacial score (nSPS) is 12.5. The van der Waals surface area contributed by atoms with Crippen molar-refractivity contribution >= 4 is 16.7 Å². The Kier molecular flexibility index (Phi) is 6.15. The molecule has 0 bridgehead atoms. The summed E-state index contributed by atoms with van der Waals surface area (Å²) >= 11 is 0. The van der Waals surface area contributed by atoms with Crippen LogP contribution < -0.4 is 0 Å². The number of aliphatic hydroxyl groups is 1. The fraction of sp³-hybridized carbons (Fsp3) is 0.320. The molecule has 3 aromatic rings. The second kappa shape index (κ2) is 8.57. The third kappa shape index (κ3) is 4.10. The fourth-order valence-corrected chi connectivity index (χ4v) is 3.97. The van der Waals surface area contributed by atoms with Crippen molar-refractivity contribution < 1.29 is 9.90 Å². The summed E-state index contributed by atoms with van der Waals surface area (Å²) in [6.07, 6.45) is -0.272. The second-order valence-electron chi connectivity index (χ2n) is 7.85. The molecular weight excluding hydrogens is 346 g/mol. The van der Waals surface area contributed by atoms with Crippen LogP contribution in [0.2, 0.25) is 0 Å². The molecule has 0 spiro atoms. The van der Waals surface area contributed by atoms with Gasteiger partial charge in [0, 0.05) is 24.1 Å². The van der Waals surface area contributed by atoms with Gasteiger partial charge in [0.1, 0.15) is 0 Å². The largest absolute Gasteiger partial charge is 0.388 e. The molecule has 0 aliphatic rings. The SMILES string of the molecule is CC(C)N(C(=O)c1ccccc1CC(O)c1cccc2ccccc12)C(C)C. The molecule has 1 atom stereocenters. The van der Waals surface area contributed by atoms with E-state index >= 15 is 0 Å². The average Bonchev–Trinajstić information content (AvgIpc) is 2.67. The lowest BCUT2D eigenvalue weighted by Crippen LogP contribution is -2.42. The number of nitrogens with zero attached hydrogens (tertiary/aromatic N) is 1. The molecule has 0 aliphatic heterocycles. The maximum absolute atomic E-state index is 13.2. The van der Waals surface area contributed by atoms with Gasteiger partial charge in [0.05, 0.1) is 6.10 Å². The predicted molar refractivity (Wildman–Crippen MR) is 115 cm³/mol. The van der Waals surface area contributed by atoms with Gasteiger partial charge in [-0.15, -0.1) is 0 Å². The number of hydrogen-bond acceptors (Lipinski definition) is 2. The Morgan fingerprint density at radius 2 is 1.46 bits per heavy atom. The molecule has 0 aromatic heterocycles. The second-order valence-corrected chi connectivity index (χ2v) is 7.85. The lowest BCUT2D eigenvalue weighted by atomic mass is 9.93. The minimum atomic E-state index is -0.674. The fourth-order valence-electron chi connectivity index (χ4n) is 3.97. The van der Waals surface area contributed by atoms with E-state index in [4.69, 9.17) is 0 Å². The van der Waals surface area contributed by atoms with E-state index in [1.165, 1.54) is 0 Å². The summed E-state index contributed by atoms with van der Waals surface area (Å²) in [6.45, 7) is 8.13. The van der Waals surface area contributed by atoms with Crippen LogP contribution in [0.3, 0.4) is 0 Å². The van der Waals surface area contributed by atoms with Crippen molar-refractivity contribution in [3.8, 4) is 0 Å². The minimum absolute atomic E-state index is 0.0192. The van der Waals surface area contributed by atoms with Gasteiger partial charge < -0.3 is 10.0 Å². The highest BCUT2D eigenvalue weighted by Crippen LogP contribution is 2.28. The lowest BCUT2D eigenvalue weighted by molar-refractivity contribution is 0.0641. The zero-order chi connectivity index (χ0) is 20.3. The Balaban J connectivity index is 1.94. The molecule has 0 fully saturated rings. The first-order chi connectivity index (χ1) is 13.4. The number of hydrogen-bond donors (Lipinski definition) is 1. The van der Waals surface area contributed by atoms with E-state index in [0.29, 0.717) is 12.0 Å². The molecule has 3 rings (SSSR count). The van der Waals surface area contributed by atoms with Crippen molar-refractivity contribution in [1.29, 1.82) is 0 Å². The van der Waals surface area contributed by atoms with Crippen LogP contribution in [-0.2, 0) is 6.42 Å². The standard InChI is InChI=1S/C25H29NO2/c1-17(2)26(18(3)4)25(28)22-14-8-6-11-20(22)16-24(27)23-15-9-12-19-10-5-7-13-21(19)23/h5-15,17-18,24,27H,16H2,1-4H3. The molecule has 3 aromatic carbocycles. The summed E-state index contributed by atoms with van der Waals surface area (Å²) in [5, 5.41) is 13.2. The van der Waals surface area contributed by atoms with Gasteiger partial charge in [0.25, 0.3) is 5.91 Å². The van der Waals surface area contributed by atoms with E-state index in [2.05, 4.69) is 0 Å². The first-order valence-electron chi connectivity index (χ1n) is 9.96. The monoisotopic (exact) mass is 375 g/mol. The van der Waals surface area contributed by atoms with Crippen LogP contribution in [0.5, 0.6) is 0 Å². The highest BCUT2D eigenvalue weighted by atomic mass is 16.3. The Morgan fingerprint density at radius 1 is 0.857 bits per heavy atom. The van der Waals surface area contributed by atoms with Crippen LogP contribution in [0, 0.1) is 0 Å². The zero-order valence-electron chi connectivity index (χ0n) is 17.1. The van der Waals surface area contributed by atoms with Gasteiger partial charge in [-0.3, -0.25) is 4.79 Å². The highest BCUT2D eigenvalue weighted by Gasteiger charge is 2.24. The van der Waals surface area contributed by atoms with Crippen molar-refractivity contribution in [2.75, 3.05) is 0 Å². The molecule has 28 heavy (non-hydrogen) atoms. The molecular formula is C25H29NO2. The van der Waals surface area contributed by atoms with E-state index in [1.807, 2.05) is 99.3 Å². The molecule has 3 heteroatoms. The van der Waals surface area contributed by atoms with Crippen molar-refractivity contribution in [1.82, 2.24) is 4.90 Å². The molecule has 146 valence electrons. The van der Waals surface area contributed by atoms with Crippen LogP contribution in [0.15, 0.2) is 66.7 Å². The number of carbonyl (C=O) groups is 1. The molecule has 0 heterocycles. The number of amides is 1. The Bertz CT molecular complexity index is 948. The Labute approximate surface area is 167 Å². The van der Waals surface area contributed by atoms with Crippen molar-refractivity contribution in [3.05, 3.63) is 83.4 Å². The molecule has 0 saturated carbocycles. The van der Waals surface area contributed by atoms with E-state index in [-0.39, 0.29) is 18.0 Å². The summed E-state index contributed by atoms with van der Waals surface area (Å²) in [5.41, 5.74) is 2.44. The van der Waals surface area contributed by atoms with Gasteiger partial charge in [-0.25, -0.2) is 0 Å². The number of carbonyl (C=O) groups excluding carboxylic acids is 1. The van der Waals surface area contributed by atoms with Crippen LogP contribution in [0.25, 0.3) is 10.8 Å². The van der Waals surface area contributed by atoms with Crippen LogP contribution in [0.4, 0.5) is 0 Å². The average molecular weight is 376 g/mol. The number of benzene rings is 3. The van der Waals surface area contributed by atoms with E-state index < -0.39 is 6.10 Å². The Morgan fingerprint density at radius 3 is 2.18 bits per heavy atom. The predicted octanol–water partition coefficient (Wildman–Crippen LogP) is 5.37. The van der Waals surface area contributed by atoms with Gasteiger partial charge in [-0.2, -0.15) is 0 Å². The molecule has 0 saturated heterocycles. The maximum atomic E-state index is 13.2. The van der Waals surface area contributed by atoms with Crippen molar-refractivity contribution in [3.63, 3.8) is 0 Å². The molecule has 1 amide bonds. The minimum Gasteiger partial charge on any atom is -0.388 e. The van der Waals surface area contributed by atoms with E-state index in [9.17, 15) is 9.90 Å². The molecule has 1 N–H and O–H groups in total. The smallest absolute Gasteiger partial charge is 0.254 e. The quantitative estimate of drug-likeness (QED) is 0.629. The van der Waals surface area contributed by atoms with Crippen molar-refractivity contribution in [2.24, 2.45) is 0 Å². The summed E-state index contributed by atoms with van der Waals surface area (Å²) in [7, 11) is 0. The van der Waals surface area contributed by atoms with Crippen molar-refractivity contribution in [2.45, 2.75) is 52.3 Å². The zero-order valence-corrected chi connectivity index (χ0v) is 17.1. The first kappa shape index (κ1) is 20.1. The third-order valence-corrected chi connectivity index (χ3v) is 5.19. The van der Waals surface area contributed by atoms with Gasteiger partial charge in [0.15, 0.2) is 0 Å². The van der Waals surface area contributed by atoms with Gasteiger partial charge in [0.2, 0.25) is 0 Å². The van der Waals surface area contributed by atoms with Gasteiger partial charge in [-0.05, 0) is 55.7 Å². The molecule has 3 nitrogen and oxygen atoms in total. The lowest BCUT2D eigenvalue weighted by Gasteiger charge is -2.31. The summed E-state index contributed by atoms with van der Waals surface area (Å²) < 4.78 is 0. The molecule has 0 aliphatic carbocycles. The van der Waals surface area contributed by atoms with Crippen LogP contribution >= 0.6 is 0 Å². The van der Waals surface area contributed by atoms with Gasteiger partial charge in [-0.1, -0.05) is 60.7 Å². The highest BCUT2D eigenvalue weighted by molar-refractivity contribution is 5.96. The van der Waals surface area contributed by atoms with E-state index in [0.717, 1.165) is 21.9 Å². The molecule has 1 unspecified atom stereocenters. The number of aliphatic hydroxyl groups excluding tert-OH is 1.